The molecule has 3 aromatic carbocycles. The van der Waals surface area contributed by atoms with Crippen molar-refractivity contribution in [3.8, 4) is 5.75 Å². The number of halogens is 4. The summed E-state index contributed by atoms with van der Waals surface area (Å²) in [5.74, 6) is -3.98. The Morgan fingerprint density at radius 3 is 2.52 bits per heavy atom. The van der Waals surface area contributed by atoms with Gasteiger partial charge in [0.25, 0.3) is 5.91 Å². The molecule has 6 rings (SSSR count). The Balaban J connectivity index is 1.39. The lowest BCUT2D eigenvalue weighted by Gasteiger charge is -2.31. The Kier molecular flexibility index (Phi) is 7.92. The highest BCUT2D eigenvalue weighted by Gasteiger charge is 2.57. The lowest BCUT2D eigenvalue weighted by atomic mass is 9.82. The summed E-state index contributed by atoms with van der Waals surface area (Å²) >= 11 is 5.22. The number of carbonyl (C=O) groups is 3. The molecular weight excluding hydrogens is 683 g/mol. The first kappa shape index (κ1) is 30.2. The zero-order valence-electron chi connectivity index (χ0n) is 22.6. The maximum absolute atomic E-state index is 14.1. The second kappa shape index (κ2) is 11.6. The van der Waals surface area contributed by atoms with Gasteiger partial charge in [-0.2, -0.15) is 13.2 Å². The molecule has 8 nitrogen and oxygen atoms in total. The van der Waals surface area contributed by atoms with Gasteiger partial charge in [0.15, 0.2) is 6.61 Å². The second-order valence-corrected chi connectivity index (χ2v) is 13.2. The van der Waals surface area contributed by atoms with E-state index in [1.807, 2.05) is 19.1 Å². The number of alkyl halides is 3. The summed E-state index contributed by atoms with van der Waals surface area (Å²) in [5, 5.41) is 2.01. The number of aromatic amines is 1. The van der Waals surface area contributed by atoms with Gasteiger partial charge in [0.05, 0.1) is 22.2 Å². The van der Waals surface area contributed by atoms with E-state index in [0.717, 1.165) is 40.8 Å². The summed E-state index contributed by atoms with van der Waals surface area (Å²) in [4.78, 5) is 56.4. The van der Waals surface area contributed by atoms with E-state index < -0.39 is 63.7 Å². The van der Waals surface area contributed by atoms with Crippen LogP contribution in [0.5, 0.6) is 5.75 Å². The topological polar surface area (TPSA) is 109 Å². The van der Waals surface area contributed by atoms with Gasteiger partial charge >= 0.3 is 11.0 Å². The van der Waals surface area contributed by atoms with E-state index in [0.29, 0.717) is 30.5 Å². The zero-order valence-corrected chi connectivity index (χ0v) is 25.8. The molecule has 0 spiro atoms. The summed E-state index contributed by atoms with van der Waals surface area (Å²) in [6, 6.07) is 16.5. The van der Waals surface area contributed by atoms with Crippen LogP contribution in [0, 0.1) is 12.8 Å². The molecule has 44 heavy (non-hydrogen) atoms. The number of nitrogens with one attached hydrogen (secondary N) is 2. The standard InChI is InChI=1S/C30H21BrF3N3O5S2/c1-14-6-2-4-8-18(14)35-21(38)13-42-20-11-10-15(31)12-16(20)22-23-25(43-26-24(22)44-29(41)36-26)28(40)37(27(23)39)19-9-5-3-7-17(19)30(32,33)34/h2-12,22-23,25H,13H2,1H3,(H,35,38)(H,36,41)/t22-,23?,25?/m1/s1. The molecule has 3 atom stereocenters. The molecule has 2 N–H and O–H groups in total. The average molecular weight is 705 g/mol. The SMILES string of the molecule is Cc1ccccc1NC(=O)COc1ccc(Br)cc1[C@H]1c2sc(=O)[nH]c2SC2C(=O)N(c3ccccc3C(F)(F)F)C(=O)C21. The van der Waals surface area contributed by atoms with E-state index in [9.17, 15) is 32.3 Å². The van der Waals surface area contributed by atoms with Gasteiger partial charge in [-0.3, -0.25) is 19.2 Å². The van der Waals surface area contributed by atoms with Crippen molar-refractivity contribution in [2.24, 2.45) is 5.92 Å². The third-order valence-electron chi connectivity index (χ3n) is 7.36. The predicted molar refractivity (Wildman–Crippen MR) is 163 cm³/mol. The Labute approximate surface area is 264 Å². The van der Waals surface area contributed by atoms with E-state index in [4.69, 9.17) is 4.74 Å². The number of benzene rings is 3. The number of aryl methyl sites for hydroxylation is 1. The van der Waals surface area contributed by atoms with E-state index in [1.54, 1.807) is 30.3 Å². The predicted octanol–water partition coefficient (Wildman–Crippen LogP) is 6.34. The third-order valence-corrected chi connectivity index (χ3v) is 10.3. The number of anilines is 2. The van der Waals surface area contributed by atoms with Crippen LogP contribution in [0.4, 0.5) is 24.5 Å². The number of aromatic nitrogens is 1. The first-order valence-corrected chi connectivity index (χ1v) is 15.6. The molecule has 14 heteroatoms. The number of carbonyl (C=O) groups excluding carboxylic acids is 3. The van der Waals surface area contributed by atoms with E-state index in [2.05, 4.69) is 26.2 Å². The number of hydrogen-bond donors (Lipinski definition) is 2. The second-order valence-electron chi connectivity index (χ2n) is 10.1. The monoisotopic (exact) mass is 703 g/mol. The molecule has 3 amide bonds. The van der Waals surface area contributed by atoms with Gasteiger partial charge in [0.2, 0.25) is 11.8 Å². The van der Waals surface area contributed by atoms with Crippen molar-refractivity contribution in [3.05, 3.63) is 102 Å². The quantitative estimate of drug-likeness (QED) is 0.227. The van der Waals surface area contributed by atoms with Gasteiger partial charge in [-0.25, -0.2) is 4.90 Å². The normalized spacial score (nSPS) is 19.5. The van der Waals surface area contributed by atoms with Crippen molar-refractivity contribution in [1.82, 2.24) is 4.98 Å². The lowest BCUT2D eigenvalue weighted by molar-refractivity contribution is -0.137. The summed E-state index contributed by atoms with van der Waals surface area (Å²) in [7, 11) is 0. The number of thioether (sulfide) groups is 1. The van der Waals surface area contributed by atoms with Crippen LogP contribution >= 0.6 is 39.0 Å². The Hall–Kier alpha value is -3.88. The fraction of sp³-hybridized carbons (Fsp3) is 0.200. The van der Waals surface area contributed by atoms with E-state index >= 15 is 0 Å². The van der Waals surface area contributed by atoms with Crippen molar-refractivity contribution in [3.63, 3.8) is 0 Å². The van der Waals surface area contributed by atoms with Crippen molar-refractivity contribution in [2.75, 3.05) is 16.8 Å². The largest absolute Gasteiger partial charge is 0.483 e. The number of ether oxygens (including phenoxy) is 1. The van der Waals surface area contributed by atoms with Gasteiger partial charge in [0.1, 0.15) is 11.0 Å². The molecule has 1 aromatic heterocycles. The lowest BCUT2D eigenvalue weighted by Crippen LogP contribution is -2.33. The van der Waals surface area contributed by atoms with Crippen LogP contribution in [0.25, 0.3) is 0 Å². The molecule has 2 unspecified atom stereocenters. The number of nitrogens with zero attached hydrogens (tertiary/aromatic N) is 1. The minimum absolute atomic E-state index is 0.213. The molecule has 2 aliphatic rings. The van der Waals surface area contributed by atoms with Gasteiger partial charge < -0.3 is 15.0 Å². The molecule has 0 radical (unpaired) electrons. The van der Waals surface area contributed by atoms with Crippen molar-refractivity contribution < 1.29 is 32.3 Å². The number of hydrogen-bond acceptors (Lipinski definition) is 7. The number of para-hydroxylation sites is 2. The number of rotatable bonds is 6. The summed E-state index contributed by atoms with van der Waals surface area (Å²) in [5.41, 5.74) is 0.185. The van der Waals surface area contributed by atoms with Crippen LogP contribution in [-0.2, 0) is 20.6 Å². The van der Waals surface area contributed by atoms with Gasteiger partial charge in [0, 0.05) is 26.5 Å². The minimum atomic E-state index is -4.81. The molecule has 0 bridgehead atoms. The third kappa shape index (κ3) is 5.46. The van der Waals surface area contributed by atoms with Gasteiger partial charge in [-0.05, 0) is 48.9 Å². The molecular formula is C30H21BrF3N3O5S2. The van der Waals surface area contributed by atoms with Crippen LogP contribution in [-0.4, -0.2) is 34.6 Å². The number of thiazole rings is 1. The summed E-state index contributed by atoms with van der Waals surface area (Å²) in [6.45, 7) is 1.45. The smallest absolute Gasteiger partial charge is 0.418 e. The molecule has 0 aliphatic carbocycles. The van der Waals surface area contributed by atoms with E-state index in [-0.39, 0.29) is 5.75 Å². The molecule has 0 saturated carbocycles. The Morgan fingerprint density at radius 2 is 1.77 bits per heavy atom. The number of amides is 3. The molecule has 1 saturated heterocycles. The average Bonchev–Trinajstić information content (AvgIpc) is 3.47. The first-order valence-electron chi connectivity index (χ1n) is 13.2. The van der Waals surface area contributed by atoms with Gasteiger partial charge in [-0.15, -0.1) is 0 Å². The summed E-state index contributed by atoms with van der Waals surface area (Å²) < 4.78 is 48.3. The maximum atomic E-state index is 14.1. The fourth-order valence-electron chi connectivity index (χ4n) is 5.43. The summed E-state index contributed by atoms with van der Waals surface area (Å²) in [6.07, 6.45) is -4.81. The minimum Gasteiger partial charge on any atom is -0.483 e. The van der Waals surface area contributed by atoms with Gasteiger partial charge in [-0.1, -0.05) is 69.4 Å². The Bertz CT molecular complexity index is 1870. The van der Waals surface area contributed by atoms with Crippen molar-refractivity contribution in [2.45, 2.75) is 29.3 Å². The van der Waals surface area contributed by atoms with Crippen LogP contribution in [0.15, 0.2) is 81.0 Å². The zero-order chi connectivity index (χ0) is 31.3. The highest BCUT2D eigenvalue weighted by molar-refractivity contribution is 9.10. The Morgan fingerprint density at radius 1 is 1.05 bits per heavy atom. The molecule has 4 aromatic rings. The highest BCUT2D eigenvalue weighted by atomic mass is 79.9. The maximum Gasteiger partial charge on any atom is 0.418 e. The molecule has 3 heterocycles. The fourth-order valence-corrected chi connectivity index (χ4v) is 8.32. The van der Waals surface area contributed by atoms with Crippen LogP contribution in [0.1, 0.15) is 27.5 Å². The molecule has 2 aliphatic heterocycles. The molecule has 226 valence electrons. The first-order chi connectivity index (χ1) is 20.9. The molecule has 1 fully saturated rings. The number of fused-ring (bicyclic) bond motifs is 2. The number of H-pyrrole nitrogens is 1. The van der Waals surface area contributed by atoms with Crippen LogP contribution in [0.2, 0.25) is 0 Å². The van der Waals surface area contributed by atoms with E-state index in [1.165, 1.54) is 12.1 Å². The van der Waals surface area contributed by atoms with Crippen molar-refractivity contribution >= 4 is 68.1 Å². The van der Waals surface area contributed by atoms with Crippen molar-refractivity contribution in [1.29, 1.82) is 0 Å². The van der Waals surface area contributed by atoms with Crippen LogP contribution in [0.3, 0.4) is 0 Å². The number of imide groups is 1. The highest BCUT2D eigenvalue weighted by Crippen LogP contribution is 2.55. The van der Waals surface area contributed by atoms with Crippen LogP contribution < -0.4 is 19.8 Å².